The van der Waals surface area contributed by atoms with Crippen molar-refractivity contribution >= 4 is 23.2 Å². The van der Waals surface area contributed by atoms with E-state index in [1.54, 1.807) is 36.4 Å². The predicted molar refractivity (Wildman–Crippen MR) is 94.0 cm³/mol. The van der Waals surface area contributed by atoms with Crippen molar-refractivity contribution in [3.8, 4) is 17.2 Å². The largest absolute Gasteiger partial charge is 0.328 e. The lowest BCUT2D eigenvalue weighted by molar-refractivity contribution is 0.0981. The summed E-state index contributed by atoms with van der Waals surface area (Å²) in [7, 11) is 0. The number of carbonyl (C=O) groups excluding carboxylic acids is 1. The van der Waals surface area contributed by atoms with Crippen LogP contribution in [-0.2, 0) is 0 Å². The highest BCUT2D eigenvalue weighted by Crippen LogP contribution is 2.18. The number of hydrogen-bond acceptors (Lipinski definition) is 6. The molecule has 2 aromatic carbocycles. The van der Waals surface area contributed by atoms with Gasteiger partial charge < -0.3 is 9.84 Å². The Morgan fingerprint density at radius 3 is 2.78 bits per heavy atom. The third-order valence-electron chi connectivity index (χ3n) is 3.52. The summed E-state index contributed by atoms with van der Waals surface area (Å²) in [6.07, 6.45) is 1.54. The molecule has 134 valence electrons. The number of hydrogen-bond donors (Lipinski definition) is 1. The average molecular weight is 385 g/mol. The Hall–Kier alpha value is -3.59. The summed E-state index contributed by atoms with van der Waals surface area (Å²) in [5, 5.41) is 14.7. The second-order valence-electron chi connectivity index (χ2n) is 5.41. The first kappa shape index (κ1) is 16.9. The molecule has 4 rings (SSSR count). The van der Waals surface area contributed by atoms with Crippen LogP contribution in [0, 0.1) is 5.82 Å². The molecule has 0 spiro atoms. The molecule has 0 unspecified atom stereocenters. The third-order valence-corrected chi connectivity index (χ3v) is 3.75. The van der Waals surface area contributed by atoms with E-state index < -0.39 is 5.91 Å². The van der Waals surface area contributed by atoms with Crippen molar-refractivity contribution < 1.29 is 13.7 Å². The van der Waals surface area contributed by atoms with Crippen LogP contribution in [0.1, 0.15) is 10.7 Å². The van der Waals surface area contributed by atoms with Crippen molar-refractivity contribution in [2.24, 2.45) is 0 Å². The minimum Gasteiger partial charge on any atom is -0.328 e. The molecule has 2 heterocycles. The SMILES string of the molecule is O=C(Nc1cccc(Cl)c1)c1nc(-c2cn(-c3ccc(F)cc3)nn2)no1. The van der Waals surface area contributed by atoms with E-state index in [9.17, 15) is 9.18 Å². The van der Waals surface area contributed by atoms with Gasteiger partial charge in [-0.15, -0.1) is 5.10 Å². The molecule has 10 heteroatoms. The summed E-state index contributed by atoms with van der Waals surface area (Å²) in [6, 6.07) is 12.4. The van der Waals surface area contributed by atoms with Crippen LogP contribution >= 0.6 is 11.6 Å². The van der Waals surface area contributed by atoms with Gasteiger partial charge in [0.2, 0.25) is 5.82 Å². The first-order valence-corrected chi connectivity index (χ1v) is 8.05. The van der Waals surface area contributed by atoms with Crippen LogP contribution in [0.5, 0.6) is 0 Å². The van der Waals surface area contributed by atoms with E-state index in [0.717, 1.165) is 0 Å². The highest BCUT2D eigenvalue weighted by Gasteiger charge is 2.18. The maximum atomic E-state index is 13.0. The number of nitrogens with zero attached hydrogens (tertiary/aromatic N) is 5. The van der Waals surface area contributed by atoms with Gasteiger partial charge in [-0.05, 0) is 42.5 Å². The molecule has 0 aliphatic heterocycles. The number of benzene rings is 2. The number of aromatic nitrogens is 5. The molecule has 2 aromatic heterocycles. The molecular weight excluding hydrogens is 375 g/mol. The van der Waals surface area contributed by atoms with E-state index in [2.05, 4.69) is 25.8 Å². The van der Waals surface area contributed by atoms with Crippen LogP contribution in [0.15, 0.2) is 59.3 Å². The molecular formula is C17H10ClFN6O2. The summed E-state index contributed by atoms with van der Waals surface area (Å²) in [4.78, 5) is 16.2. The highest BCUT2D eigenvalue weighted by molar-refractivity contribution is 6.30. The molecule has 0 atom stereocenters. The van der Waals surface area contributed by atoms with Gasteiger partial charge in [-0.25, -0.2) is 9.07 Å². The molecule has 0 fully saturated rings. The van der Waals surface area contributed by atoms with Crippen molar-refractivity contribution in [2.45, 2.75) is 0 Å². The second-order valence-corrected chi connectivity index (χ2v) is 5.85. The first-order chi connectivity index (χ1) is 13.1. The van der Waals surface area contributed by atoms with Crippen molar-refractivity contribution in [3.63, 3.8) is 0 Å². The van der Waals surface area contributed by atoms with Crippen LogP contribution in [0.2, 0.25) is 5.02 Å². The molecule has 0 radical (unpaired) electrons. The topological polar surface area (TPSA) is 98.7 Å². The van der Waals surface area contributed by atoms with Gasteiger partial charge in [0.05, 0.1) is 11.9 Å². The Kier molecular flexibility index (Phi) is 4.35. The Bertz CT molecular complexity index is 1110. The lowest BCUT2D eigenvalue weighted by atomic mass is 10.3. The van der Waals surface area contributed by atoms with Crippen molar-refractivity contribution in [2.75, 3.05) is 5.32 Å². The third kappa shape index (κ3) is 3.67. The van der Waals surface area contributed by atoms with Gasteiger partial charge in [-0.2, -0.15) is 4.98 Å². The normalized spacial score (nSPS) is 10.7. The average Bonchev–Trinajstić information content (AvgIpc) is 3.32. The molecule has 1 N–H and O–H groups in total. The Morgan fingerprint density at radius 2 is 2.00 bits per heavy atom. The predicted octanol–water partition coefficient (Wildman–Crippen LogP) is 3.36. The van der Waals surface area contributed by atoms with Crippen LogP contribution < -0.4 is 5.32 Å². The van der Waals surface area contributed by atoms with E-state index in [1.165, 1.54) is 23.0 Å². The molecule has 0 aliphatic rings. The summed E-state index contributed by atoms with van der Waals surface area (Å²) in [6.45, 7) is 0. The van der Waals surface area contributed by atoms with E-state index in [1.807, 2.05) is 0 Å². The van der Waals surface area contributed by atoms with E-state index >= 15 is 0 Å². The van der Waals surface area contributed by atoms with Crippen molar-refractivity contribution in [3.05, 3.63) is 71.5 Å². The fourth-order valence-electron chi connectivity index (χ4n) is 2.26. The fraction of sp³-hybridized carbons (Fsp3) is 0. The van der Waals surface area contributed by atoms with Gasteiger partial charge in [0.15, 0.2) is 5.69 Å². The van der Waals surface area contributed by atoms with Gasteiger partial charge in [0.25, 0.3) is 0 Å². The van der Waals surface area contributed by atoms with E-state index in [-0.39, 0.29) is 17.5 Å². The van der Waals surface area contributed by atoms with Gasteiger partial charge in [0, 0.05) is 10.7 Å². The van der Waals surface area contributed by atoms with Crippen molar-refractivity contribution in [1.29, 1.82) is 0 Å². The van der Waals surface area contributed by atoms with Crippen LogP contribution in [0.3, 0.4) is 0 Å². The maximum Gasteiger partial charge on any atom is 0.316 e. The molecule has 0 saturated heterocycles. The Labute approximate surface area is 156 Å². The number of halogens is 2. The van der Waals surface area contributed by atoms with E-state index in [4.69, 9.17) is 16.1 Å². The first-order valence-electron chi connectivity index (χ1n) is 7.68. The standard InChI is InChI=1S/C17H10ClFN6O2/c18-10-2-1-3-12(8-10)20-16(26)17-21-15(23-27-17)14-9-25(24-22-14)13-6-4-11(19)5-7-13/h1-9H,(H,20,26). The van der Waals surface area contributed by atoms with Crippen LogP contribution in [-0.4, -0.2) is 31.0 Å². The number of nitrogens with one attached hydrogen (secondary N) is 1. The Balaban J connectivity index is 1.52. The molecule has 4 aromatic rings. The zero-order chi connectivity index (χ0) is 18.8. The zero-order valence-electron chi connectivity index (χ0n) is 13.5. The second kappa shape index (κ2) is 6.96. The number of carbonyl (C=O) groups is 1. The van der Waals surface area contributed by atoms with Gasteiger partial charge >= 0.3 is 11.8 Å². The smallest absolute Gasteiger partial charge is 0.316 e. The molecule has 8 nitrogen and oxygen atoms in total. The minimum atomic E-state index is -0.582. The monoisotopic (exact) mass is 384 g/mol. The van der Waals surface area contributed by atoms with E-state index in [0.29, 0.717) is 22.1 Å². The molecule has 0 bridgehead atoms. The summed E-state index contributed by atoms with van der Waals surface area (Å²) < 4.78 is 19.4. The zero-order valence-corrected chi connectivity index (χ0v) is 14.3. The minimum absolute atomic E-state index is 0.0969. The van der Waals surface area contributed by atoms with Gasteiger partial charge in [-0.1, -0.05) is 28.0 Å². The summed E-state index contributed by atoms with van der Waals surface area (Å²) >= 11 is 5.88. The number of amides is 1. The van der Waals surface area contributed by atoms with Gasteiger partial charge in [-0.3, -0.25) is 4.79 Å². The fourth-order valence-corrected chi connectivity index (χ4v) is 2.45. The maximum absolute atomic E-state index is 13.0. The molecule has 27 heavy (non-hydrogen) atoms. The quantitative estimate of drug-likeness (QED) is 0.579. The van der Waals surface area contributed by atoms with Crippen LogP contribution in [0.4, 0.5) is 10.1 Å². The molecule has 1 amide bonds. The van der Waals surface area contributed by atoms with Crippen molar-refractivity contribution in [1.82, 2.24) is 25.1 Å². The Morgan fingerprint density at radius 1 is 1.19 bits per heavy atom. The lowest BCUT2D eigenvalue weighted by Gasteiger charge is -2.01. The molecule has 0 saturated carbocycles. The lowest BCUT2D eigenvalue weighted by Crippen LogP contribution is -2.12. The molecule has 0 aliphatic carbocycles. The van der Waals surface area contributed by atoms with Crippen LogP contribution in [0.25, 0.3) is 17.2 Å². The summed E-state index contributed by atoms with van der Waals surface area (Å²) in [5.74, 6) is -1.07. The highest BCUT2D eigenvalue weighted by atomic mass is 35.5. The number of anilines is 1. The summed E-state index contributed by atoms with van der Waals surface area (Å²) in [5.41, 5.74) is 1.40. The van der Waals surface area contributed by atoms with Gasteiger partial charge in [0.1, 0.15) is 5.82 Å². The number of rotatable bonds is 4.